The summed E-state index contributed by atoms with van der Waals surface area (Å²) < 4.78 is 0. The zero-order valence-corrected chi connectivity index (χ0v) is 23.4. The zero-order valence-electron chi connectivity index (χ0n) is 23.4. The van der Waals surface area contributed by atoms with Crippen LogP contribution < -0.4 is 0 Å². The Hall–Kier alpha value is -3.45. The molecule has 0 amide bonds. The molecule has 0 atom stereocenters. The number of aliphatic imine (C=N–C) groups is 1. The molecular formula is C35H43N. The fourth-order valence-electron chi connectivity index (χ4n) is 4.15. The van der Waals surface area contributed by atoms with Gasteiger partial charge in [0.25, 0.3) is 0 Å². The molecule has 0 aliphatic carbocycles. The molecular weight excluding hydrogens is 434 g/mol. The highest BCUT2D eigenvalue weighted by Gasteiger charge is 2.12. The summed E-state index contributed by atoms with van der Waals surface area (Å²) in [6.45, 7) is 23.8. The van der Waals surface area contributed by atoms with E-state index in [9.17, 15) is 0 Å². The molecule has 3 aromatic carbocycles. The van der Waals surface area contributed by atoms with Gasteiger partial charge in [0.1, 0.15) is 0 Å². The average Bonchev–Trinajstić information content (AvgIpc) is 2.85. The Morgan fingerprint density at radius 1 is 0.750 bits per heavy atom. The summed E-state index contributed by atoms with van der Waals surface area (Å²) in [5.74, 6) is 0. The van der Waals surface area contributed by atoms with E-state index in [0.29, 0.717) is 6.54 Å². The highest BCUT2D eigenvalue weighted by atomic mass is 14.7. The van der Waals surface area contributed by atoms with E-state index in [-0.39, 0.29) is 0 Å². The van der Waals surface area contributed by atoms with Gasteiger partial charge < -0.3 is 0 Å². The highest BCUT2D eigenvalue weighted by molar-refractivity contribution is 6.21. The molecule has 0 unspecified atom stereocenters. The van der Waals surface area contributed by atoms with E-state index in [4.69, 9.17) is 4.99 Å². The third-order valence-corrected chi connectivity index (χ3v) is 6.18. The lowest BCUT2D eigenvalue weighted by atomic mass is 9.90. The van der Waals surface area contributed by atoms with Gasteiger partial charge in [-0.25, -0.2) is 0 Å². The van der Waals surface area contributed by atoms with Gasteiger partial charge in [-0.2, -0.15) is 0 Å². The van der Waals surface area contributed by atoms with Crippen molar-refractivity contribution >= 4 is 17.4 Å². The Balaban J connectivity index is 0.00000222. The van der Waals surface area contributed by atoms with E-state index in [1.165, 1.54) is 27.8 Å². The van der Waals surface area contributed by atoms with E-state index in [1.807, 2.05) is 20.1 Å². The molecule has 188 valence electrons. The van der Waals surface area contributed by atoms with Gasteiger partial charge in [-0.3, -0.25) is 4.99 Å². The van der Waals surface area contributed by atoms with Gasteiger partial charge in [0, 0.05) is 11.8 Å². The minimum absolute atomic E-state index is 0.623. The first-order valence-corrected chi connectivity index (χ1v) is 13.0. The molecule has 0 aliphatic rings. The van der Waals surface area contributed by atoms with Gasteiger partial charge >= 0.3 is 0 Å². The predicted octanol–water partition coefficient (Wildman–Crippen LogP) is 9.69. The summed E-state index contributed by atoms with van der Waals surface area (Å²) in [6.07, 6.45) is 3.95. The lowest BCUT2D eigenvalue weighted by Crippen LogP contribution is -1.98. The van der Waals surface area contributed by atoms with Crippen LogP contribution in [0.15, 0.2) is 96.0 Å². The average molecular weight is 478 g/mol. The van der Waals surface area contributed by atoms with Crippen molar-refractivity contribution in [2.75, 3.05) is 6.54 Å². The molecule has 3 aromatic rings. The Kier molecular flexibility index (Phi) is 11.3. The summed E-state index contributed by atoms with van der Waals surface area (Å²) in [6, 6.07) is 24.0. The van der Waals surface area contributed by atoms with Crippen molar-refractivity contribution in [1.82, 2.24) is 0 Å². The van der Waals surface area contributed by atoms with Gasteiger partial charge in [-0.15, -0.1) is 0 Å². The molecule has 0 aromatic heterocycles. The molecule has 1 nitrogen and oxygen atoms in total. The molecule has 0 N–H and O–H groups in total. The molecule has 36 heavy (non-hydrogen) atoms. The quantitative estimate of drug-likeness (QED) is 0.126. The Bertz CT molecular complexity index is 1220. The molecule has 0 saturated heterocycles. The number of hydrogen-bond acceptors (Lipinski definition) is 1. The molecule has 3 rings (SSSR count). The van der Waals surface area contributed by atoms with Crippen LogP contribution in [0.1, 0.15) is 66.1 Å². The van der Waals surface area contributed by atoms with Crippen molar-refractivity contribution in [2.45, 2.75) is 61.3 Å². The Labute approximate surface area is 220 Å². The first-order chi connectivity index (χ1) is 17.2. The predicted molar refractivity (Wildman–Crippen MR) is 162 cm³/mol. The van der Waals surface area contributed by atoms with Crippen molar-refractivity contribution < 1.29 is 0 Å². The normalized spacial score (nSPS) is 11.5. The summed E-state index contributed by atoms with van der Waals surface area (Å²) >= 11 is 0. The summed E-state index contributed by atoms with van der Waals surface area (Å²) in [7, 11) is 0. The second-order valence-electron chi connectivity index (χ2n) is 9.45. The van der Waals surface area contributed by atoms with E-state index in [0.717, 1.165) is 46.3 Å². The SMILES string of the molecule is C=C(CCc1ccc(C)cc1C)CN=C/C(=C(\C(=C)C)c1ccc(C)cc1)c1ccc(C)cc1.CC. The number of nitrogens with zero attached hydrogens (tertiary/aromatic N) is 1. The second kappa shape index (κ2) is 14.2. The maximum atomic E-state index is 4.84. The monoisotopic (exact) mass is 477 g/mol. The van der Waals surface area contributed by atoms with Crippen LogP contribution in [-0.4, -0.2) is 12.8 Å². The number of rotatable bonds is 9. The van der Waals surface area contributed by atoms with Crippen molar-refractivity contribution in [2.24, 2.45) is 4.99 Å². The van der Waals surface area contributed by atoms with Gasteiger partial charge in [-0.05, 0) is 80.9 Å². The third kappa shape index (κ3) is 8.34. The summed E-state index contributed by atoms with van der Waals surface area (Å²) in [5, 5.41) is 0. The molecule has 0 bridgehead atoms. The Morgan fingerprint density at radius 3 is 1.81 bits per heavy atom. The van der Waals surface area contributed by atoms with Crippen molar-refractivity contribution in [3.05, 3.63) is 130 Å². The first-order valence-electron chi connectivity index (χ1n) is 13.0. The number of benzene rings is 3. The van der Waals surface area contributed by atoms with Gasteiger partial charge in [0.15, 0.2) is 0 Å². The second-order valence-corrected chi connectivity index (χ2v) is 9.45. The van der Waals surface area contributed by atoms with Crippen LogP contribution in [0.5, 0.6) is 0 Å². The fourth-order valence-corrected chi connectivity index (χ4v) is 4.15. The van der Waals surface area contributed by atoms with Crippen molar-refractivity contribution in [3.63, 3.8) is 0 Å². The standard InChI is InChI=1S/C33H37N.C2H6/c1-23(2)33(31-18-10-25(4)11-19-31)32(30-16-8-24(3)9-17-30)22-34-21-27(6)13-15-29-14-12-26(5)20-28(29)7;1-2/h8-12,14,16-20,22H,1,6,13,15,21H2,2-5,7H3;1-2H3/b33-32-,34-22?;. The van der Waals surface area contributed by atoms with E-state index in [2.05, 4.69) is 115 Å². The van der Waals surface area contributed by atoms with E-state index in [1.54, 1.807) is 0 Å². The van der Waals surface area contributed by atoms with Crippen LogP contribution in [0.2, 0.25) is 0 Å². The molecule has 0 radical (unpaired) electrons. The van der Waals surface area contributed by atoms with E-state index >= 15 is 0 Å². The fraction of sp³-hybridized carbons (Fsp3) is 0.286. The number of aryl methyl sites for hydroxylation is 5. The van der Waals surface area contributed by atoms with E-state index < -0.39 is 0 Å². The lowest BCUT2D eigenvalue weighted by molar-refractivity contribution is 0.902. The largest absolute Gasteiger partial charge is 0.288 e. The number of allylic oxidation sites excluding steroid dienone is 3. The Morgan fingerprint density at radius 2 is 1.28 bits per heavy atom. The van der Waals surface area contributed by atoms with Crippen molar-refractivity contribution in [1.29, 1.82) is 0 Å². The van der Waals surface area contributed by atoms with Crippen LogP contribution >= 0.6 is 0 Å². The maximum absolute atomic E-state index is 4.84. The minimum atomic E-state index is 0.623. The van der Waals surface area contributed by atoms with Crippen LogP contribution in [0.25, 0.3) is 11.1 Å². The molecule has 0 heterocycles. The molecule has 1 heteroatoms. The van der Waals surface area contributed by atoms with Gasteiger partial charge in [-0.1, -0.05) is 116 Å². The zero-order chi connectivity index (χ0) is 26.7. The molecule has 0 spiro atoms. The summed E-state index contributed by atoms with van der Waals surface area (Å²) in [4.78, 5) is 4.84. The smallest absolute Gasteiger partial charge is 0.0597 e. The highest BCUT2D eigenvalue weighted by Crippen LogP contribution is 2.31. The molecule has 0 saturated carbocycles. The first kappa shape index (κ1) is 28.8. The van der Waals surface area contributed by atoms with Crippen LogP contribution in [0.3, 0.4) is 0 Å². The van der Waals surface area contributed by atoms with Crippen LogP contribution in [-0.2, 0) is 6.42 Å². The molecule has 0 aliphatic heterocycles. The van der Waals surface area contributed by atoms with Gasteiger partial charge in [0.05, 0.1) is 6.54 Å². The third-order valence-electron chi connectivity index (χ3n) is 6.18. The van der Waals surface area contributed by atoms with Crippen LogP contribution in [0.4, 0.5) is 0 Å². The topological polar surface area (TPSA) is 12.4 Å². The van der Waals surface area contributed by atoms with Crippen LogP contribution in [0, 0.1) is 27.7 Å². The molecule has 0 fully saturated rings. The summed E-state index contributed by atoms with van der Waals surface area (Å²) in [5.41, 5.74) is 13.2. The maximum Gasteiger partial charge on any atom is 0.0597 e. The van der Waals surface area contributed by atoms with Gasteiger partial charge in [0.2, 0.25) is 0 Å². The van der Waals surface area contributed by atoms with Crippen molar-refractivity contribution in [3.8, 4) is 0 Å². The lowest BCUT2D eigenvalue weighted by Gasteiger charge is -2.15. The minimum Gasteiger partial charge on any atom is -0.288 e. The number of hydrogen-bond donors (Lipinski definition) is 0.